The standard InChI is InChI=1S/C4H8O2.C2H4O2.2C2H5.Cd/c1-3(2)4(5)6;1-2(3)4;2*1-2;/h3H,1-2H3,(H,5,6);1H3,(H,3,4);2*1H2,2H3;. The predicted octanol–water partition coefficient (Wildman–Crippen LogP) is 2.76. The second-order valence-corrected chi connectivity index (χ2v) is 11.1. The molecule has 0 heterocycles. The van der Waals surface area contributed by atoms with Crippen LogP contribution in [0.4, 0.5) is 0 Å². The summed E-state index contributed by atoms with van der Waals surface area (Å²) in [5.41, 5.74) is 0. The number of rotatable bonds is 3. The van der Waals surface area contributed by atoms with Gasteiger partial charge in [-0.25, -0.2) is 0 Å². The van der Waals surface area contributed by atoms with Gasteiger partial charge in [0.05, 0.1) is 5.92 Å². The van der Waals surface area contributed by atoms with Crippen molar-refractivity contribution in [2.75, 3.05) is 0 Å². The molecule has 0 unspecified atom stereocenters. The number of carboxylic acids is 2. The van der Waals surface area contributed by atoms with Crippen LogP contribution >= 0.6 is 0 Å². The van der Waals surface area contributed by atoms with Crippen molar-refractivity contribution in [2.45, 2.75) is 42.6 Å². The van der Waals surface area contributed by atoms with Gasteiger partial charge in [-0.15, -0.1) is 0 Å². The zero-order valence-corrected chi connectivity index (χ0v) is 14.4. The van der Waals surface area contributed by atoms with E-state index in [-0.39, 0.29) is 30.2 Å². The topological polar surface area (TPSA) is 74.6 Å². The van der Waals surface area contributed by atoms with Gasteiger partial charge in [0, 0.05) is 6.92 Å². The number of carboxylic acid groups (broad SMARTS) is 2. The molecule has 0 fully saturated rings. The van der Waals surface area contributed by atoms with E-state index in [1.54, 1.807) is 21.8 Å². The molecule has 0 aliphatic heterocycles. The van der Waals surface area contributed by atoms with Crippen LogP contribution < -0.4 is 0 Å². The monoisotopic (exact) mass is 320 g/mol. The van der Waals surface area contributed by atoms with Gasteiger partial charge >= 0.3 is 52.0 Å². The van der Waals surface area contributed by atoms with Crippen LogP contribution in [-0.4, -0.2) is 22.2 Å². The fourth-order valence-electron chi connectivity index (χ4n) is 0.354. The third-order valence-corrected chi connectivity index (χ3v) is 5.24. The van der Waals surface area contributed by atoms with E-state index in [2.05, 4.69) is 13.8 Å². The fourth-order valence-corrected chi connectivity index (χ4v) is 2.37. The summed E-state index contributed by atoms with van der Waals surface area (Å²) < 4.78 is 3.11. The Balaban J connectivity index is -0.000000147. The second kappa shape index (κ2) is 16.3. The normalized spacial score (nSPS) is 7.60. The maximum absolute atomic E-state index is 9.70. The van der Waals surface area contributed by atoms with Crippen LogP contribution in [0.5, 0.6) is 0 Å². The van der Waals surface area contributed by atoms with Gasteiger partial charge in [0.2, 0.25) is 0 Å². The quantitative estimate of drug-likeness (QED) is 0.785. The number of carbonyl (C=O) groups is 2. The van der Waals surface area contributed by atoms with Gasteiger partial charge in [-0.1, -0.05) is 13.8 Å². The molecule has 0 radical (unpaired) electrons. The minimum absolute atomic E-state index is 0.0578. The van der Waals surface area contributed by atoms with Crippen LogP contribution in [0.2, 0.25) is 7.96 Å². The van der Waals surface area contributed by atoms with Gasteiger partial charge in [-0.05, 0) is 0 Å². The molecule has 0 aromatic carbocycles. The zero-order valence-electron chi connectivity index (χ0n) is 10.4. The molecule has 5 heteroatoms. The first-order valence-corrected chi connectivity index (χ1v) is 10.9. The first-order chi connectivity index (χ1) is 6.79. The molecule has 0 aromatic heterocycles. The minimum atomic E-state index is -0.833. The summed E-state index contributed by atoms with van der Waals surface area (Å²) in [6.45, 7) is 8.98. The van der Waals surface area contributed by atoms with Crippen LogP contribution in [0.1, 0.15) is 34.6 Å². The van der Waals surface area contributed by atoms with Crippen molar-refractivity contribution in [1.82, 2.24) is 0 Å². The molecular formula is C10H22CdO4. The second-order valence-electron chi connectivity index (χ2n) is 3.37. The van der Waals surface area contributed by atoms with Crippen molar-refractivity contribution in [2.24, 2.45) is 5.92 Å². The molecule has 0 saturated heterocycles. The van der Waals surface area contributed by atoms with Crippen LogP contribution in [-0.2, 0) is 33.8 Å². The maximum atomic E-state index is 9.70. The Morgan fingerprint density at radius 1 is 1.13 bits per heavy atom. The van der Waals surface area contributed by atoms with Gasteiger partial charge in [-0.3, -0.25) is 9.59 Å². The number of hydrogen-bond donors (Lipinski definition) is 2. The summed E-state index contributed by atoms with van der Waals surface area (Å²) in [6, 6.07) is 0. The third kappa shape index (κ3) is 56.8. The molecule has 88 valence electrons. The summed E-state index contributed by atoms with van der Waals surface area (Å²) in [4.78, 5) is 18.7. The molecule has 0 rings (SSSR count). The molecule has 0 amide bonds. The van der Waals surface area contributed by atoms with E-state index in [0.717, 1.165) is 6.92 Å². The molecule has 0 aromatic rings. The average Bonchev–Trinajstić information content (AvgIpc) is 2.05. The fraction of sp³-hybridized carbons (Fsp3) is 0.800. The molecule has 0 spiro atoms. The Hall–Kier alpha value is -0.138. The molecule has 2 N–H and O–H groups in total. The SMILES string of the molecule is CC(=O)O.CC(C)C(=O)O.C[CH2][Cd][CH2]C. The van der Waals surface area contributed by atoms with Gasteiger partial charge in [0.25, 0.3) is 5.97 Å². The van der Waals surface area contributed by atoms with Crippen molar-refractivity contribution in [1.29, 1.82) is 0 Å². The summed E-state index contributed by atoms with van der Waals surface area (Å²) in [7, 11) is 0. The van der Waals surface area contributed by atoms with Gasteiger partial charge < -0.3 is 10.2 Å². The average molecular weight is 319 g/mol. The summed E-state index contributed by atoms with van der Waals surface area (Å²) >= 11 is -0.0578. The summed E-state index contributed by atoms with van der Waals surface area (Å²) in [6.07, 6.45) is 0. The molecule has 0 aliphatic carbocycles. The van der Waals surface area contributed by atoms with E-state index in [0.29, 0.717) is 0 Å². The molecule has 15 heavy (non-hydrogen) atoms. The van der Waals surface area contributed by atoms with Crippen molar-refractivity contribution in [3.63, 3.8) is 0 Å². The predicted molar refractivity (Wildman–Crippen MR) is 56.7 cm³/mol. The molecule has 0 bridgehead atoms. The van der Waals surface area contributed by atoms with E-state index in [1.807, 2.05) is 0 Å². The summed E-state index contributed by atoms with van der Waals surface area (Å²) in [5.74, 6) is -1.81. The Morgan fingerprint density at radius 3 is 1.33 bits per heavy atom. The van der Waals surface area contributed by atoms with E-state index in [4.69, 9.17) is 15.0 Å². The van der Waals surface area contributed by atoms with E-state index < -0.39 is 11.9 Å². The van der Waals surface area contributed by atoms with Crippen molar-refractivity contribution >= 4 is 11.9 Å². The Kier molecular flexibility index (Phi) is 22.1. The van der Waals surface area contributed by atoms with Crippen LogP contribution in [0.25, 0.3) is 0 Å². The summed E-state index contributed by atoms with van der Waals surface area (Å²) in [5, 5.41) is 15.4. The van der Waals surface area contributed by atoms with Crippen molar-refractivity contribution in [3.8, 4) is 0 Å². The molecule has 0 aliphatic rings. The van der Waals surface area contributed by atoms with E-state index in [9.17, 15) is 4.79 Å². The Morgan fingerprint density at radius 2 is 1.33 bits per heavy atom. The first kappa shape index (κ1) is 20.3. The van der Waals surface area contributed by atoms with E-state index in [1.165, 1.54) is 0 Å². The van der Waals surface area contributed by atoms with Gasteiger partial charge in [0.1, 0.15) is 0 Å². The van der Waals surface area contributed by atoms with Crippen molar-refractivity contribution < 1.29 is 44.0 Å². The molecule has 0 saturated carbocycles. The number of hydrogen-bond acceptors (Lipinski definition) is 2. The number of aliphatic carboxylic acids is 2. The van der Waals surface area contributed by atoms with Gasteiger partial charge in [-0.2, -0.15) is 0 Å². The third-order valence-electron chi connectivity index (χ3n) is 1.20. The van der Waals surface area contributed by atoms with Crippen molar-refractivity contribution in [3.05, 3.63) is 0 Å². The Labute approximate surface area is 104 Å². The van der Waals surface area contributed by atoms with Crippen LogP contribution in [0, 0.1) is 5.92 Å². The van der Waals surface area contributed by atoms with Crippen LogP contribution in [0.15, 0.2) is 0 Å². The Bertz CT molecular complexity index is 152. The molecule has 4 nitrogen and oxygen atoms in total. The molecular weight excluding hydrogens is 297 g/mol. The zero-order chi connectivity index (χ0) is 12.9. The van der Waals surface area contributed by atoms with E-state index >= 15 is 0 Å². The van der Waals surface area contributed by atoms with Gasteiger partial charge in [0.15, 0.2) is 0 Å². The molecule has 0 atom stereocenters. The first-order valence-electron chi connectivity index (χ1n) is 5.21. The van der Waals surface area contributed by atoms with Crippen LogP contribution in [0.3, 0.4) is 0 Å².